The molecule has 4 rings (SSSR count). The lowest BCUT2D eigenvalue weighted by atomic mass is 9.74. The highest BCUT2D eigenvalue weighted by molar-refractivity contribution is 5.85. The molecule has 0 aromatic heterocycles. The number of nitrogens with one attached hydrogen (secondary N) is 1. The zero-order valence-electron chi connectivity index (χ0n) is 17.4. The van der Waals surface area contributed by atoms with E-state index in [0.717, 1.165) is 5.56 Å². The third kappa shape index (κ3) is 2.62. The molecule has 1 saturated heterocycles. The number of hydrogen-bond acceptors (Lipinski definition) is 3. The Hall–Kier alpha value is -2.75. The van der Waals surface area contributed by atoms with Crippen LogP contribution in [0.2, 0.25) is 0 Å². The third-order valence-electron chi connectivity index (χ3n) is 6.35. The van der Waals surface area contributed by atoms with Gasteiger partial charge in [-0.25, -0.2) is 0 Å². The van der Waals surface area contributed by atoms with Crippen LogP contribution in [0.5, 0.6) is 0 Å². The quantitative estimate of drug-likeness (QED) is 0.875. The number of hydrogen-bond donors (Lipinski definition) is 1. The van der Waals surface area contributed by atoms with Gasteiger partial charge >= 0.3 is 0 Å². The highest BCUT2D eigenvalue weighted by Crippen LogP contribution is 2.53. The maximum absolute atomic E-state index is 12.6. The van der Waals surface area contributed by atoms with Crippen molar-refractivity contribution >= 4 is 23.4 Å². The molecule has 2 aromatic carbocycles. The van der Waals surface area contributed by atoms with Gasteiger partial charge in [-0.15, -0.1) is 0 Å². The van der Waals surface area contributed by atoms with Crippen LogP contribution >= 0.6 is 0 Å². The lowest BCUT2D eigenvalue weighted by Crippen LogP contribution is -2.71. The van der Waals surface area contributed by atoms with Gasteiger partial charge in [0.25, 0.3) is 0 Å². The second-order valence-corrected chi connectivity index (χ2v) is 8.70. The van der Waals surface area contributed by atoms with Crippen LogP contribution in [0.15, 0.2) is 54.6 Å². The van der Waals surface area contributed by atoms with Gasteiger partial charge in [-0.1, -0.05) is 50.3 Å². The summed E-state index contributed by atoms with van der Waals surface area (Å²) < 4.78 is 0. The van der Waals surface area contributed by atoms with Crippen LogP contribution in [-0.2, 0) is 10.2 Å². The van der Waals surface area contributed by atoms with E-state index in [1.54, 1.807) is 0 Å². The zero-order chi connectivity index (χ0) is 20.1. The highest BCUT2D eigenvalue weighted by atomic mass is 16.2. The molecule has 2 aliphatic rings. The number of para-hydroxylation sites is 1. The molecule has 146 valence electrons. The summed E-state index contributed by atoms with van der Waals surface area (Å²) >= 11 is 0. The molecular weight excluding hydrogens is 346 g/mol. The Labute approximate surface area is 167 Å². The topological polar surface area (TPSA) is 35.6 Å². The second-order valence-electron chi connectivity index (χ2n) is 8.70. The summed E-state index contributed by atoms with van der Waals surface area (Å²) in [5.41, 5.74) is 3.95. The van der Waals surface area contributed by atoms with E-state index in [-0.39, 0.29) is 17.4 Å². The second kappa shape index (κ2) is 6.40. The van der Waals surface area contributed by atoms with Gasteiger partial charge in [0.05, 0.1) is 0 Å². The largest absolute Gasteiger partial charge is 0.378 e. The minimum Gasteiger partial charge on any atom is -0.378 e. The fraction of sp³-hybridized carbons (Fsp3) is 0.375. The Kier molecular flexibility index (Phi) is 4.25. The van der Waals surface area contributed by atoms with Crippen molar-refractivity contribution in [1.29, 1.82) is 0 Å². The SMILES string of the molecule is C[C@@H]1CC(=O)N[C@@]2(/C=C\c3ccc(N(C)C)cc3)N1c1ccccc1C2(C)C. The number of anilines is 2. The molecule has 0 aliphatic carbocycles. The van der Waals surface area contributed by atoms with Gasteiger partial charge in [0.15, 0.2) is 0 Å². The molecule has 4 nitrogen and oxygen atoms in total. The predicted molar refractivity (Wildman–Crippen MR) is 117 cm³/mol. The molecule has 0 radical (unpaired) electrons. The van der Waals surface area contributed by atoms with E-state index in [4.69, 9.17) is 0 Å². The van der Waals surface area contributed by atoms with E-state index >= 15 is 0 Å². The first-order chi connectivity index (χ1) is 13.3. The van der Waals surface area contributed by atoms with Crippen molar-refractivity contribution in [2.75, 3.05) is 23.9 Å². The first-order valence-corrected chi connectivity index (χ1v) is 9.93. The van der Waals surface area contributed by atoms with Gasteiger partial charge in [0.2, 0.25) is 5.91 Å². The van der Waals surface area contributed by atoms with Gasteiger partial charge < -0.3 is 15.1 Å². The summed E-state index contributed by atoms with van der Waals surface area (Å²) in [5.74, 6) is 0.109. The number of carbonyl (C=O) groups excluding carboxylic acids is 1. The highest BCUT2D eigenvalue weighted by Gasteiger charge is 2.59. The Balaban J connectivity index is 1.80. The molecule has 2 aromatic rings. The first kappa shape index (κ1) is 18.6. The Morgan fingerprint density at radius 1 is 1.11 bits per heavy atom. The molecule has 1 amide bonds. The molecule has 0 spiro atoms. The Morgan fingerprint density at radius 3 is 2.46 bits per heavy atom. The molecule has 4 heteroatoms. The van der Waals surface area contributed by atoms with E-state index in [1.807, 2.05) is 14.1 Å². The van der Waals surface area contributed by atoms with Crippen molar-refractivity contribution in [2.24, 2.45) is 0 Å². The number of amides is 1. The smallest absolute Gasteiger partial charge is 0.224 e. The van der Waals surface area contributed by atoms with Gasteiger partial charge in [0.1, 0.15) is 5.66 Å². The van der Waals surface area contributed by atoms with E-state index in [2.05, 4.69) is 96.6 Å². The molecule has 0 bridgehead atoms. The van der Waals surface area contributed by atoms with Crippen molar-refractivity contribution in [3.63, 3.8) is 0 Å². The first-order valence-electron chi connectivity index (χ1n) is 9.93. The monoisotopic (exact) mass is 375 g/mol. The molecule has 0 unspecified atom stereocenters. The summed E-state index contributed by atoms with van der Waals surface area (Å²) in [6, 6.07) is 17.1. The molecule has 1 N–H and O–H groups in total. The maximum atomic E-state index is 12.6. The van der Waals surface area contributed by atoms with Crippen LogP contribution in [0, 0.1) is 0 Å². The van der Waals surface area contributed by atoms with Crippen LogP contribution in [0.3, 0.4) is 0 Å². The Morgan fingerprint density at radius 2 is 1.79 bits per heavy atom. The maximum Gasteiger partial charge on any atom is 0.224 e. The molecule has 1 fully saturated rings. The molecule has 2 atom stereocenters. The van der Waals surface area contributed by atoms with Gasteiger partial charge in [-0.3, -0.25) is 4.79 Å². The fourth-order valence-electron chi connectivity index (χ4n) is 4.76. The number of carbonyl (C=O) groups is 1. The third-order valence-corrected chi connectivity index (χ3v) is 6.35. The number of fused-ring (bicyclic) bond motifs is 3. The predicted octanol–water partition coefficient (Wildman–Crippen LogP) is 4.17. The van der Waals surface area contributed by atoms with Gasteiger partial charge in [-0.2, -0.15) is 0 Å². The van der Waals surface area contributed by atoms with Gasteiger partial charge in [-0.05, 0) is 42.3 Å². The van der Waals surface area contributed by atoms with E-state index in [1.165, 1.54) is 16.9 Å². The summed E-state index contributed by atoms with van der Waals surface area (Å²) in [5, 5.41) is 3.35. The number of rotatable bonds is 3. The molecule has 2 heterocycles. The van der Waals surface area contributed by atoms with Gasteiger partial charge in [0, 0.05) is 43.3 Å². The van der Waals surface area contributed by atoms with Crippen LogP contribution < -0.4 is 15.1 Å². The number of benzene rings is 2. The summed E-state index contributed by atoms with van der Waals surface area (Å²) in [7, 11) is 4.08. The molecule has 0 saturated carbocycles. The van der Waals surface area contributed by atoms with Crippen LogP contribution in [0.4, 0.5) is 11.4 Å². The lowest BCUT2D eigenvalue weighted by Gasteiger charge is -2.51. The lowest BCUT2D eigenvalue weighted by molar-refractivity contribution is -0.125. The van der Waals surface area contributed by atoms with E-state index in [0.29, 0.717) is 6.42 Å². The summed E-state index contributed by atoms with van der Waals surface area (Å²) in [6.07, 6.45) is 4.83. The molecule has 28 heavy (non-hydrogen) atoms. The minimum absolute atomic E-state index is 0.109. The average molecular weight is 376 g/mol. The van der Waals surface area contributed by atoms with Crippen molar-refractivity contribution in [2.45, 2.75) is 44.3 Å². The van der Waals surface area contributed by atoms with E-state index in [9.17, 15) is 4.79 Å². The summed E-state index contributed by atoms with van der Waals surface area (Å²) in [6.45, 7) is 6.60. The average Bonchev–Trinajstić information content (AvgIpc) is 2.85. The van der Waals surface area contributed by atoms with Crippen molar-refractivity contribution in [3.8, 4) is 0 Å². The summed E-state index contributed by atoms with van der Waals surface area (Å²) in [4.78, 5) is 17.1. The van der Waals surface area contributed by atoms with Crippen molar-refractivity contribution in [3.05, 3.63) is 65.7 Å². The number of nitrogens with zero attached hydrogens (tertiary/aromatic N) is 2. The zero-order valence-corrected chi connectivity index (χ0v) is 17.4. The van der Waals surface area contributed by atoms with Crippen molar-refractivity contribution < 1.29 is 4.79 Å². The normalized spacial score (nSPS) is 25.4. The standard InChI is InChI=1S/C24H29N3O/c1-17-16-22(28)25-24(15-14-18-10-12-19(13-11-18)26(4)5)23(2,3)20-8-6-7-9-21(20)27(17)24/h6-15,17H,16H2,1-5H3,(H,25,28)/b15-14-/t17-,24+/m1/s1. The molecule has 2 aliphatic heterocycles. The van der Waals surface area contributed by atoms with E-state index < -0.39 is 5.66 Å². The fourth-order valence-corrected chi connectivity index (χ4v) is 4.76. The van der Waals surface area contributed by atoms with Crippen LogP contribution in [0.1, 0.15) is 38.3 Å². The van der Waals surface area contributed by atoms with Crippen LogP contribution in [0.25, 0.3) is 6.08 Å². The minimum atomic E-state index is -0.578. The molecular formula is C24H29N3O. The van der Waals surface area contributed by atoms with Crippen molar-refractivity contribution in [1.82, 2.24) is 5.32 Å². The van der Waals surface area contributed by atoms with Crippen LogP contribution in [-0.4, -0.2) is 31.7 Å². The Bertz CT molecular complexity index is 929.